The normalized spacial score (nSPS) is 26.3. The summed E-state index contributed by atoms with van der Waals surface area (Å²) in [5.74, 6) is -5.12. The predicted octanol–water partition coefficient (Wildman–Crippen LogP) is 3.34. The Balaban J connectivity index is 1.95. The first-order valence-corrected chi connectivity index (χ1v) is 11.3. The standard InChI is InChI=1S/C24H30FNO6/c1-14-11-18(25)22(29)23(30)19(27)8-6-7-16-12-17(26-9-4-3-5-10-26)13-20(28)21(16)24(31)32-15(14)2/h12-15,18,28H,3-11H2,1-2H3/t14-,15+,18?/m1/s1. The van der Waals surface area contributed by atoms with E-state index >= 15 is 0 Å². The molecule has 8 heteroatoms. The third-order valence-electron chi connectivity index (χ3n) is 6.39. The number of ether oxygens (including phenoxy) is 1. The molecule has 1 saturated heterocycles. The second-order valence-corrected chi connectivity index (χ2v) is 8.81. The Kier molecular flexibility index (Phi) is 7.64. The van der Waals surface area contributed by atoms with Gasteiger partial charge >= 0.3 is 5.97 Å². The summed E-state index contributed by atoms with van der Waals surface area (Å²) in [5.41, 5.74) is 1.32. The lowest BCUT2D eigenvalue weighted by Gasteiger charge is -2.30. The number of carbonyl (C=O) groups excluding carboxylic acids is 4. The van der Waals surface area contributed by atoms with Crippen LogP contribution in [0.25, 0.3) is 0 Å². The minimum atomic E-state index is -2.13. The van der Waals surface area contributed by atoms with Gasteiger partial charge in [0.15, 0.2) is 6.17 Å². The molecular formula is C24H30FNO6. The molecule has 1 unspecified atom stereocenters. The van der Waals surface area contributed by atoms with Crippen LogP contribution in [0.1, 0.15) is 68.3 Å². The van der Waals surface area contributed by atoms with Gasteiger partial charge in [0.2, 0.25) is 11.6 Å². The number of ketones is 3. The summed E-state index contributed by atoms with van der Waals surface area (Å²) in [6.07, 6.45) is 0.121. The summed E-state index contributed by atoms with van der Waals surface area (Å²) in [6.45, 7) is 4.85. The highest BCUT2D eigenvalue weighted by atomic mass is 19.1. The number of esters is 1. The molecule has 0 spiro atoms. The summed E-state index contributed by atoms with van der Waals surface area (Å²) >= 11 is 0. The zero-order chi connectivity index (χ0) is 23.4. The fourth-order valence-electron chi connectivity index (χ4n) is 4.24. The highest BCUT2D eigenvalue weighted by Crippen LogP contribution is 2.33. The van der Waals surface area contributed by atoms with E-state index in [0.29, 0.717) is 5.56 Å². The van der Waals surface area contributed by atoms with Crippen LogP contribution >= 0.6 is 0 Å². The van der Waals surface area contributed by atoms with Crippen LogP contribution in [0.15, 0.2) is 12.1 Å². The highest BCUT2D eigenvalue weighted by molar-refractivity contribution is 6.64. The Morgan fingerprint density at radius 3 is 2.38 bits per heavy atom. The number of halogens is 1. The van der Waals surface area contributed by atoms with Crippen LogP contribution in [-0.4, -0.2) is 53.8 Å². The fraction of sp³-hybridized carbons (Fsp3) is 0.583. The number of rotatable bonds is 1. The summed E-state index contributed by atoms with van der Waals surface area (Å²) in [5, 5.41) is 10.7. The van der Waals surface area contributed by atoms with Crippen LogP contribution in [0.4, 0.5) is 10.1 Å². The lowest BCUT2D eigenvalue weighted by atomic mass is 9.93. The number of phenolic OH excluding ortho intramolecular Hbond substituents is 1. The minimum Gasteiger partial charge on any atom is -0.507 e. The first kappa shape index (κ1) is 23.9. The molecule has 1 aromatic rings. The molecule has 0 aliphatic carbocycles. The fourth-order valence-corrected chi connectivity index (χ4v) is 4.24. The molecule has 3 atom stereocenters. The molecule has 1 fully saturated rings. The summed E-state index contributed by atoms with van der Waals surface area (Å²) in [6, 6.07) is 3.37. The highest BCUT2D eigenvalue weighted by Gasteiger charge is 2.33. The number of phenols is 1. The zero-order valence-corrected chi connectivity index (χ0v) is 18.6. The molecule has 1 N–H and O–H groups in total. The molecule has 1 aromatic carbocycles. The largest absolute Gasteiger partial charge is 0.507 e. The van der Waals surface area contributed by atoms with E-state index in [9.17, 15) is 28.7 Å². The first-order valence-electron chi connectivity index (χ1n) is 11.3. The van der Waals surface area contributed by atoms with Crippen molar-refractivity contribution >= 4 is 29.0 Å². The quantitative estimate of drug-likeness (QED) is 0.520. The lowest BCUT2D eigenvalue weighted by molar-refractivity contribution is -0.146. The molecule has 0 amide bonds. The molecule has 2 aliphatic heterocycles. The van der Waals surface area contributed by atoms with E-state index in [0.717, 1.165) is 38.0 Å². The number of fused-ring (bicyclic) bond motifs is 1. The predicted molar refractivity (Wildman–Crippen MR) is 116 cm³/mol. The molecule has 0 radical (unpaired) electrons. The van der Waals surface area contributed by atoms with Gasteiger partial charge in [0.05, 0.1) is 0 Å². The number of nitrogens with zero attached hydrogens (tertiary/aromatic N) is 1. The number of hydrogen-bond donors (Lipinski definition) is 1. The summed E-state index contributed by atoms with van der Waals surface area (Å²) in [4.78, 5) is 51.3. The van der Waals surface area contributed by atoms with E-state index in [1.54, 1.807) is 19.9 Å². The van der Waals surface area contributed by atoms with E-state index in [-0.39, 0.29) is 37.0 Å². The number of alkyl halides is 1. The number of hydrogen-bond acceptors (Lipinski definition) is 7. The van der Waals surface area contributed by atoms with Crippen molar-refractivity contribution in [2.45, 2.75) is 71.1 Å². The third-order valence-corrected chi connectivity index (χ3v) is 6.39. The van der Waals surface area contributed by atoms with Gasteiger partial charge in [0.25, 0.3) is 5.78 Å². The van der Waals surface area contributed by atoms with Gasteiger partial charge in [-0.2, -0.15) is 0 Å². The van der Waals surface area contributed by atoms with Gasteiger partial charge in [-0.15, -0.1) is 0 Å². The van der Waals surface area contributed by atoms with Crippen molar-refractivity contribution < 1.29 is 33.4 Å². The number of piperidine rings is 1. The van der Waals surface area contributed by atoms with E-state index in [2.05, 4.69) is 4.90 Å². The maximum atomic E-state index is 14.3. The van der Waals surface area contributed by atoms with Crippen molar-refractivity contribution in [3.05, 3.63) is 23.3 Å². The lowest BCUT2D eigenvalue weighted by Crippen LogP contribution is -2.34. The Labute approximate surface area is 186 Å². The van der Waals surface area contributed by atoms with Crippen molar-refractivity contribution in [3.63, 3.8) is 0 Å². The summed E-state index contributed by atoms with van der Waals surface area (Å²) in [7, 11) is 0. The number of benzene rings is 1. The number of aromatic hydroxyl groups is 1. The van der Waals surface area contributed by atoms with Crippen LogP contribution < -0.4 is 4.90 Å². The number of aryl methyl sites for hydroxylation is 1. The van der Waals surface area contributed by atoms with Gasteiger partial charge in [-0.1, -0.05) is 6.92 Å². The van der Waals surface area contributed by atoms with Gasteiger partial charge in [0.1, 0.15) is 17.4 Å². The number of cyclic esters (lactones) is 1. The number of Topliss-reactive ketones (excluding diaryl/α,β-unsaturated/α-hetero) is 3. The second-order valence-electron chi connectivity index (χ2n) is 8.81. The molecule has 0 saturated carbocycles. The van der Waals surface area contributed by atoms with Crippen molar-refractivity contribution in [3.8, 4) is 5.75 Å². The Hall–Kier alpha value is -2.77. The van der Waals surface area contributed by atoms with Crippen LogP contribution in [0.5, 0.6) is 5.75 Å². The van der Waals surface area contributed by atoms with Gasteiger partial charge in [-0.05, 0) is 63.0 Å². The molecule has 32 heavy (non-hydrogen) atoms. The third kappa shape index (κ3) is 5.34. The van der Waals surface area contributed by atoms with Crippen molar-refractivity contribution in [1.82, 2.24) is 0 Å². The van der Waals surface area contributed by atoms with Crippen LogP contribution in [0.3, 0.4) is 0 Å². The number of carbonyl (C=O) groups is 4. The first-order chi connectivity index (χ1) is 15.2. The van der Waals surface area contributed by atoms with E-state index in [4.69, 9.17) is 4.74 Å². The SMILES string of the molecule is C[C@@H]1CC(F)C(=O)C(=O)C(=O)CCCc2cc(N3CCCCC3)cc(O)c2C(=O)O[C@H]1C. The van der Waals surface area contributed by atoms with E-state index in [1.165, 1.54) is 0 Å². The Bertz CT molecular complexity index is 908. The molecule has 0 bridgehead atoms. The van der Waals surface area contributed by atoms with Gasteiger partial charge < -0.3 is 14.7 Å². The zero-order valence-electron chi connectivity index (χ0n) is 18.6. The average molecular weight is 448 g/mol. The smallest absolute Gasteiger partial charge is 0.342 e. The number of anilines is 1. The topological polar surface area (TPSA) is 101 Å². The molecule has 2 aliphatic rings. The molecular weight excluding hydrogens is 417 g/mol. The van der Waals surface area contributed by atoms with Crippen molar-refractivity contribution in [2.75, 3.05) is 18.0 Å². The van der Waals surface area contributed by atoms with Crippen molar-refractivity contribution in [1.29, 1.82) is 0 Å². The Morgan fingerprint density at radius 2 is 1.69 bits per heavy atom. The molecule has 2 heterocycles. The van der Waals surface area contributed by atoms with Crippen LogP contribution in [-0.2, 0) is 25.5 Å². The maximum absolute atomic E-state index is 14.3. The second kappa shape index (κ2) is 10.2. The van der Waals surface area contributed by atoms with E-state index in [1.807, 2.05) is 6.07 Å². The van der Waals surface area contributed by atoms with Gasteiger partial charge in [0, 0.05) is 31.3 Å². The average Bonchev–Trinajstić information content (AvgIpc) is 2.77. The van der Waals surface area contributed by atoms with Gasteiger partial charge in [-0.25, -0.2) is 9.18 Å². The summed E-state index contributed by atoms with van der Waals surface area (Å²) < 4.78 is 19.8. The monoisotopic (exact) mass is 447 g/mol. The minimum absolute atomic E-state index is 0.0218. The molecule has 174 valence electrons. The molecule has 3 rings (SSSR count). The van der Waals surface area contributed by atoms with Gasteiger partial charge in [-0.3, -0.25) is 14.4 Å². The van der Waals surface area contributed by atoms with Crippen LogP contribution in [0, 0.1) is 5.92 Å². The van der Waals surface area contributed by atoms with Crippen LogP contribution in [0.2, 0.25) is 0 Å². The maximum Gasteiger partial charge on any atom is 0.342 e. The van der Waals surface area contributed by atoms with Crippen molar-refractivity contribution in [2.24, 2.45) is 5.92 Å². The molecule has 7 nitrogen and oxygen atoms in total. The Morgan fingerprint density at radius 1 is 1.00 bits per heavy atom. The molecule has 0 aromatic heterocycles. The van der Waals surface area contributed by atoms with E-state index < -0.39 is 41.5 Å².